The first-order valence-electron chi connectivity index (χ1n) is 8.04. The van der Waals surface area contributed by atoms with Gasteiger partial charge in [0.25, 0.3) is 0 Å². The maximum Gasteiger partial charge on any atom is 0.239 e. The molecule has 1 saturated heterocycles. The van der Waals surface area contributed by atoms with Crippen LogP contribution in [-0.2, 0) is 11.2 Å². The van der Waals surface area contributed by atoms with E-state index in [1.807, 2.05) is 43.3 Å². The number of amides is 1. The Morgan fingerprint density at radius 1 is 1.19 bits per heavy atom. The van der Waals surface area contributed by atoms with Gasteiger partial charge in [0.2, 0.25) is 5.91 Å². The lowest BCUT2D eigenvalue weighted by atomic mass is 10.1. The number of hydrogen-bond donors (Lipinski definition) is 1. The molecule has 7 heteroatoms. The number of hydrogen-bond acceptors (Lipinski definition) is 5. The minimum atomic E-state index is -0.215. The predicted octanol–water partition coefficient (Wildman–Crippen LogP) is 3.90. The Morgan fingerprint density at radius 3 is 2.54 bits per heavy atom. The van der Waals surface area contributed by atoms with E-state index < -0.39 is 0 Å². The zero-order valence-corrected chi connectivity index (χ0v) is 16.0. The highest BCUT2D eigenvalue weighted by atomic mass is 35.5. The molecule has 0 spiro atoms. The van der Waals surface area contributed by atoms with E-state index in [2.05, 4.69) is 15.5 Å². The Hall–Kier alpha value is -2.31. The number of carbonyl (C=O) groups excluding carboxylic acids is 1. The molecule has 1 heterocycles. The van der Waals surface area contributed by atoms with Crippen molar-refractivity contribution in [2.45, 2.75) is 18.6 Å². The SMILES string of the molecule is COc1ccc(CC2S/C(=N\N=C(/C)c3ccc(Cl)cc3)NC2=O)cc1. The van der Waals surface area contributed by atoms with Crippen LogP contribution in [0.3, 0.4) is 0 Å². The second-order valence-corrected chi connectivity index (χ2v) is 7.37. The lowest BCUT2D eigenvalue weighted by Crippen LogP contribution is -2.25. The van der Waals surface area contributed by atoms with E-state index in [-0.39, 0.29) is 11.2 Å². The maximum atomic E-state index is 12.2. The van der Waals surface area contributed by atoms with Crippen LogP contribution in [-0.4, -0.2) is 29.1 Å². The summed E-state index contributed by atoms with van der Waals surface area (Å²) in [5, 5.41) is 12.1. The standard InChI is InChI=1S/C19H18ClN3O2S/c1-12(14-5-7-15(20)8-6-14)22-23-19-21-18(24)17(26-19)11-13-3-9-16(25-2)10-4-13/h3-10,17H,11H2,1-2H3,(H,21,23,24)/b22-12+. The van der Waals surface area contributed by atoms with Crippen molar-refractivity contribution in [3.05, 3.63) is 64.7 Å². The van der Waals surface area contributed by atoms with Crippen molar-refractivity contribution in [3.8, 4) is 5.75 Å². The number of ether oxygens (including phenoxy) is 1. The summed E-state index contributed by atoms with van der Waals surface area (Å²) in [6, 6.07) is 15.1. The molecular weight excluding hydrogens is 370 g/mol. The van der Waals surface area contributed by atoms with E-state index in [4.69, 9.17) is 16.3 Å². The molecule has 1 aliphatic heterocycles. The number of carbonyl (C=O) groups is 1. The fraction of sp³-hybridized carbons (Fsp3) is 0.211. The molecule has 1 fully saturated rings. The molecule has 0 bridgehead atoms. The van der Waals surface area contributed by atoms with Crippen LogP contribution in [0.15, 0.2) is 58.7 Å². The summed E-state index contributed by atoms with van der Waals surface area (Å²) in [7, 11) is 1.63. The van der Waals surface area contributed by atoms with Crippen LogP contribution in [0.5, 0.6) is 5.75 Å². The molecule has 2 aromatic carbocycles. The van der Waals surface area contributed by atoms with Crippen LogP contribution in [0.1, 0.15) is 18.1 Å². The zero-order valence-electron chi connectivity index (χ0n) is 14.4. The van der Waals surface area contributed by atoms with Crippen LogP contribution in [0.2, 0.25) is 5.02 Å². The second-order valence-electron chi connectivity index (χ2n) is 5.75. The van der Waals surface area contributed by atoms with Gasteiger partial charge in [0.1, 0.15) is 5.75 Å². The highest BCUT2D eigenvalue weighted by molar-refractivity contribution is 8.15. The van der Waals surface area contributed by atoms with Crippen molar-refractivity contribution in [3.63, 3.8) is 0 Å². The van der Waals surface area contributed by atoms with Gasteiger partial charge in [-0.15, -0.1) is 5.10 Å². The molecule has 0 radical (unpaired) electrons. The van der Waals surface area contributed by atoms with E-state index in [0.29, 0.717) is 16.6 Å². The molecule has 134 valence electrons. The Morgan fingerprint density at radius 2 is 1.88 bits per heavy atom. The summed E-state index contributed by atoms with van der Waals surface area (Å²) in [4.78, 5) is 12.2. The molecule has 0 aliphatic carbocycles. The quantitative estimate of drug-likeness (QED) is 0.625. The first kappa shape index (κ1) is 18.5. The summed E-state index contributed by atoms with van der Waals surface area (Å²) in [5.74, 6) is 0.746. The number of amidine groups is 1. The first-order valence-corrected chi connectivity index (χ1v) is 9.29. The Balaban J connectivity index is 1.65. The highest BCUT2D eigenvalue weighted by Gasteiger charge is 2.30. The van der Waals surface area contributed by atoms with Crippen LogP contribution < -0.4 is 10.1 Å². The number of rotatable bonds is 5. The van der Waals surface area contributed by atoms with Crippen LogP contribution in [0.4, 0.5) is 0 Å². The first-order chi connectivity index (χ1) is 12.5. The molecule has 0 saturated carbocycles. The Labute approximate surface area is 161 Å². The van der Waals surface area contributed by atoms with Crippen molar-refractivity contribution < 1.29 is 9.53 Å². The maximum absolute atomic E-state index is 12.2. The Bertz CT molecular complexity index is 848. The molecule has 1 N–H and O–H groups in total. The minimum absolute atomic E-state index is 0.0519. The number of benzene rings is 2. The molecule has 1 amide bonds. The van der Waals surface area contributed by atoms with E-state index >= 15 is 0 Å². The molecule has 0 aromatic heterocycles. The third-order valence-corrected chi connectivity index (χ3v) is 5.23. The van der Waals surface area contributed by atoms with Gasteiger partial charge in [-0.2, -0.15) is 5.10 Å². The lowest BCUT2D eigenvalue weighted by molar-refractivity contribution is -0.118. The number of nitrogens with zero attached hydrogens (tertiary/aromatic N) is 2. The van der Waals surface area contributed by atoms with Crippen molar-refractivity contribution in [2.75, 3.05) is 7.11 Å². The zero-order chi connectivity index (χ0) is 18.5. The summed E-state index contributed by atoms with van der Waals surface area (Å²) in [6.45, 7) is 1.86. The van der Waals surface area contributed by atoms with Crippen molar-refractivity contribution >= 4 is 40.1 Å². The summed E-state index contributed by atoms with van der Waals surface area (Å²) in [5.41, 5.74) is 2.76. The third kappa shape index (κ3) is 4.65. The average molecular weight is 388 g/mol. The van der Waals surface area contributed by atoms with Gasteiger partial charge in [0.15, 0.2) is 5.17 Å². The largest absolute Gasteiger partial charge is 0.497 e. The van der Waals surface area contributed by atoms with Gasteiger partial charge in [0.05, 0.1) is 18.1 Å². The molecular formula is C19H18ClN3O2S. The molecule has 1 aliphatic rings. The van der Waals surface area contributed by atoms with Gasteiger partial charge in [-0.25, -0.2) is 0 Å². The third-order valence-electron chi connectivity index (χ3n) is 3.91. The van der Waals surface area contributed by atoms with Crippen LogP contribution in [0, 0.1) is 0 Å². The van der Waals surface area contributed by atoms with Gasteiger partial charge in [-0.3, -0.25) is 4.79 Å². The summed E-state index contributed by atoms with van der Waals surface area (Å²) >= 11 is 7.28. The monoisotopic (exact) mass is 387 g/mol. The molecule has 5 nitrogen and oxygen atoms in total. The highest BCUT2D eigenvalue weighted by Crippen LogP contribution is 2.24. The number of nitrogens with one attached hydrogen (secondary N) is 1. The normalized spacial score (nSPS) is 18.9. The van der Waals surface area contributed by atoms with Gasteiger partial charge in [-0.1, -0.05) is 47.6 Å². The smallest absolute Gasteiger partial charge is 0.239 e. The molecule has 1 unspecified atom stereocenters. The number of thioether (sulfide) groups is 1. The predicted molar refractivity (Wildman–Crippen MR) is 107 cm³/mol. The average Bonchev–Trinajstić information content (AvgIpc) is 3.00. The van der Waals surface area contributed by atoms with E-state index in [1.54, 1.807) is 19.2 Å². The molecule has 1 atom stereocenters. The Kier molecular flexibility index (Phi) is 5.96. The van der Waals surface area contributed by atoms with Gasteiger partial charge >= 0.3 is 0 Å². The van der Waals surface area contributed by atoms with E-state index in [1.165, 1.54) is 11.8 Å². The lowest BCUT2D eigenvalue weighted by Gasteiger charge is -2.06. The molecule has 3 rings (SSSR count). The molecule has 2 aromatic rings. The van der Waals surface area contributed by atoms with Gasteiger partial charge in [0, 0.05) is 5.02 Å². The van der Waals surface area contributed by atoms with E-state index in [9.17, 15) is 4.79 Å². The van der Waals surface area contributed by atoms with Crippen molar-refractivity contribution in [1.29, 1.82) is 0 Å². The van der Waals surface area contributed by atoms with Crippen LogP contribution >= 0.6 is 23.4 Å². The van der Waals surface area contributed by atoms with Gasteiger partial charge in [-0.05, 0) is 48.7 Å². The van der Waals surface area contributed by atoms with Crippen LogP contribution in [0.25, 0.3) is 0 Å². The number of methoxy groups -OCH3 is 1. The summed E-state index contributed by atoms with van der Waals surface area (Å²) in [6.07, 6.45) is 0.624. The van der Waals surface area contributed by atoms with Gasteiger partial charge < -0.3 is 10.1 Å². The topological polar surface area (TPSA) is 63.1 Å². The molecule has 26 heavy (non-hydrogen) atoms. The van der Waals surface area contributed by atoms with E-state index in [0.717, 1.165) is 22.6 Å². The van der Waals surface area contributed by atoms with Crippen molar-refractivity contribution in [1.82, 2.24) is 5.32 Å². The fourth-order valence-corrected chi connectivity index (χ4v) is 3.52. The van der Waals surface area contributed by atoms with Crippen molar-refractivity contribution in [2.24, 2.45) is 10.2 Å². The number of halogens is 1. The second kappa shape index (κ2) is 8.38. The fourth-order valence-electron chi connectivity index (χ4n) is 2.43. The minimum Gasteiger partial charge on any atom is -0.497 e. The summed E-state index contributed by atoms with van der Waals surface area (Å²) < 4.78 is 5.15.